The highest BCUT2D eigenvalue weighted by atomic mass is 14.9. The second-order valence-corrected chi connectivity index (χ2v) is 4.08. The van der Waals surface area contributed by atoms with E-state index in [9.17, 15) is 0 Å². The van der Waals surface area contributed by atoms with Crippen LogP contribution in [0.1, 0.15) is 25.1 Å². The molecule has 2 aromatic rings. The van der Waals surface area contributed by atoms with Gasteiger partial charge in [-0.1, -0.05) is 19.3 Å². The molecule has 1 aliphatic carbocycles. The molecule has 0 aliphatic heterocycles. The second kappa shape index (κ2) is 3.08. The summed E-state index contributed by atoms with van der Waals surface area (Å²) in [6, 6.07) is 1.95. The Morgan fingerprint density at radius 2 is 2.36 bits per heavy atom. The molecule has 2 aromatic heterocycles. The summed E-state index contributed by atoms with van der Waals surface area (Å²) in [6.07, 6.45) is 8.87. The van der Waals surface area contributed by atoms with Crippen LogP contribution >= 0.6 is 0 Å². The van der Waals surface area contributed by atoms with Crippen molar-refractivity contribution in [1.29, 1.82) is 0 Å². The van der Waals surface area contributed by atoms with Crippen LogP contribution in [0.4, 0.5) is 0 Å². The molecule has 0 atom stereocenters. The minimum atomic E-state index is 0.864. The molecule has 0 unspecified atom stereocenters. The molecule has 1 aliphatic rings. The summed E-state index contributed by atoms with van der Waals surface area (Å²) in [6.45, 7) is 0. The molecule has 0 bridgehead atoms. The predicted molar refractivity (Wildman–Crippen MR) is 54.9 cm³/mol. The fourth-order valence-corrected chi connectivity index (χ4v) is 1.98. The van der Waals surface area contributed by atoms with E-state index in [1.54, 1.807) is 6.20 Å². The lowest BCUT2D eigenvalue weighted by atomic mass is 9.83. The smallest absolute Gasteiger partial charge is 0.107 e. The van der Waals surface area contributed by atoms with E-state index in [4.69, 9.17) is 0 Å². The number of pyridine rings is 1. The van der Waals surface area contributed by atoms with Crippen LogP contribution in [0.15, 0.2) is 18.5 Å². The third-order valence-corrected chi connectivity index (χ3v) is 3.04. The Bertz CT molecular complexity index is 409. The number of nitrogens with one attached hydrogen (secondary N) is 1. The van der Waals surface area contributed by atoms with Crippen LogP contribution in [0.3, 0.4) is 0 Å². The molecule has 3 rings (SSSR count). The average Bonchev–Trinajstić information content (AvgIpc) is 2.53. The Hall–Kier alpha value is -1.38. The van der Waals surface area contributed by atoms with Crippen molar-refractivity contribution in [2.45, 2.75) is 25.7 Å². The number of fused-ring (bicyclic) bond motifs is 1. The van der Waals surface area contributed by atoms with Gasteiger partial charge in [-0.25, -0.2) is 4.98 Å². The van der Waals surface area contributed by atoms with Gasteiger partial charge in [0.2, 0.25) is 0 Å². The maximum Gasteiger partial charge on any atom is 0.107 e. The summed E-state index contributed by atoms with van der Waals surface area (Å²) in [7, 11) is 0. The number of aromatic nitrogens is 3. The van der Waals surface area contributed by atoms with Crippen molar-refractivity contribution < 1.29 is 0 Å². The van der Waals surface area contributed by atoms with Crippen molar-refractivity contribution in [3.63, 3.8) is 0 Å². The Morgan fingerprint density at radius 3 is 3.07 bits per heavy atom. The van der Waals surface area contributed by atoms with Crippen molar-refractivity contribution in [3.05, 3.63) is 24.3 Å². The summed E-state index contributed by atoms with van der Waals surface area (Å²) in [5, 5.41) is 0. The summed E-state index contributed by atoms with van der Waals surface area (Å²) in [5.74, 6) is 1.99. The topological polar surface area (TPSA) is 41.6 Å². The molecule has 14 heavy (non-hydrogen) atoms. The van der Waals surface area contributed by atoms with Gasteiger partial charge in [0.25, 0.3) is 0 Å². The molecule has 2 heterocycles. The molecule has 1 fully saturated rings. The van der Waals surface area contributed by atoms with E-state index in [1.165, 1.54) is 19.3 Å². The normalized spacial score (nSPS) is 17.1. The Kier molecular flexibility index (Phi) is 1.76. The van der Waals surface area contributed by atoms with Crippen LogP contribution in [0, 0.1) is 5.92 Å². The van der Waals surface area contributed by atoms with Crippen LogP contribution < -0.4 is 0 Å². The van der Waals surface area contributed by atoms with Gasteiger partial charge < -0.3 is 4.98 Å². The third kappa shape index (κ3) is 1.29. The van der Waals surface area contributed by atoms with E-state index >= 15 is 0 Å². The SMILES string of the molecule is c1cc2nc(CC3CCC3)[nH]c2cn1. The lowest BCUT2D eigenvalue weighted by Gasteiger charge is -2.23. The minimum absolute atomic E-state index is 0.864. The molecule has 0 aromatic carbocycles. The molecular weight excluding hydrogens is 174 g/mol. The predicted octanol–water partition coefficient (Wildman–Crippen LogP) is 2.30. The molecule has 0 radical (unpaired) electrons. The molecule has 1 saturated carbocycles. The number of rotatable bonds is 2. The van der Waals surface area contributed by atoms with E-state index in [-0.39, 0.29) is 0 Å². The highest BCUT2D eigenvalue weighted by Gasteiger charge is 2.19. The first-order valence-corrected chi connectivity index (χ1v) is 5.20. The lowest BCUT2D eigenvalue weighted by Crippen LogP contribution is -2.14. The van der Waals surface area contributed by atoms with Crippen molar-refractivity contribution in [3.8, 4) is 0 Å². The van der Waals surface area contributed by atoms with Crippen molar-refractivity contribution in [2.75, 3.05) is 0 Å². The van der Waals surface area contributed by atoms with E-state index in [0.717, 1.165) is 29.2 Å². The Labute approximate surface area is 82.6 Å². The highest BCUT2D eigenvalue weighted by molar-refractivity contribution is 5.73. The monoisotopic (exact) mass is 187 g/mol. The van der Waals surface area contributed by atoms with Gasteiger partial charge in [-0.2, -0.15) is 0 Å². The van der Waals surface area contributed by atoms with Crippen LogP contribution in [-0.2, 0) is 6.42 Å². The lowest BCUT2D eigenvalue weighted by molar-refractivity contribution is 0.310. The van der Waals surface area contributed by atoms with Crippen LogP contribution in [0.5, 0.6) is 0 Å². The number of imidazole rings is 1. The Balaban J connectivity index is 1.89. The zero-order valence-electron chi connectivity index (χ0n) is 8.03. The van der Waals surface area contributed by atoms with Gasteiger partial charge in [0, 0.05) is 12.6 Å². The van der Waals surface area contributed by atoms with E-state index in [2.05, 4.69) is 15.0 Å². The maximum atomic E-state index is 4.54. The van der Waals surface area contributed by atoms with Gasteiger partial charge >= 0.3 is 0 Å². The van der Waals surface area contributed by atoms with Gasteiger partial charge in [-0.3, -0.25) is 4.98 Å². The van der Waals surface area contributed by atoms with Crippen LogP contribution in [0.25, 0.3) is 11.0 Å². The highest BCUT2D eigenvalue weighted by Crippen LogP contribution is 2.29. The maximum absolute atomic E-state index is 4.54. The fourth-order valence-electron chi connectivity index (χ4n) is 1.98. The second-order valence-electron chi connectivity index (χ2n) is 4.08. The van der Waals surface area contributed by atoms with E-state index < -0.39 is 0 Å². The first kappa shape index (κ1) is 7.97. The standard InChI is InChI=1S/C11H13N3/c1-2-8(3-1)6-11-13-9-4-5-12-7-10(9)14-11/h4-5,7-8H,1-3,6H2,(H,13,14). The van der Waals surface area contributed by atoms with Gasteiger partial charge in [0.05, 0.1) is 17.2 Å². The number of hydrogen-bond donors (Lipinski definition) is 1. The number of nitrogens with zero attached hydrogens (tertiary/aromatic N) is 2. The van der Waals surface area contributed by atoms with Crippen LogP contribution in [-0.4, -0.2) is 15.0 Å². The molecular formula is C11H13N3. The van der Waals surface area contributed by atoms with Crippen molar-refractivity contribution in [1.82, 2.24) is 15.0 Å². The quantitative estimate of drug-likeness (QED) is 0.783. The first-order chi connectivity index (χ1) is 6.92. The van der Waals surface area contributed by atoms with Gasteiger partial charge in [-0.15, -0.1) is 0 Å². The number of hydrogen-bond acceptors (Lipinski definition) is 2. The molecule has 0 amide bonds. The molecule has 0 spiro atoms. The van der Waals surface area contributed by atoms with Crippen LogP contribution in [0.2, 0.25) is 0 Å². The molecule has 3 heteroatoms. The van der Waals surface area contributed by atoms with Crippen molar-refractivity contribution >= 4 is 11.0 Å². The van der Waals surface area contributed by atoms with Gasteiger partial charge in [-0.05, 0) is 12.0 Å². The summed E-state index contributed by atoms with van der Waals surface area (Å²) >= 11 is 0. The zero-order valence-corrected chi connectivity index (χ0v) is 8.03. The molecule has 1 N–H and O–H groups in total. The Morgan fingerprint density at radius 1 is 1.43 bits per heavy atom. The average molecular weight is 187 g/mol. The summed E-state index contributed by atoms with van der Waals surface area (Å²) in [5.41, 5.74) is 2.09. The molecule has 3 nitrogen and oxygen atoms in total. The summed E-state index contributed by atoms with van der Waals surface area (Å²) < 4.78 is 0. The summed E-state index contributed by atoms with van der Waals surface area (Å²) in [4.78, 5) is 11.9. The number of H-pyrrole nitrogens is 1. The van der Waals surface area contributed by atoms with Crippen molar-refractivity contribution in [2.24, 2.45) is 5.92 Å². The fraction of sp³-hybridized carbons (Fsp3) is 0.455. The van der Waals surface area contributed by atoms with Gasteiger partial charge in [0.1, 0.15) is 5.82 Å². The largest absolute Gasteiger partial charge is 0.341 e. The van der Waals surface area contributed by atoms with Gasteiger partial charge in [0.15, 0.2) is 0 Å². The molecule has 0 saturated heterocycles. The first-order valence-electron chi connectivity index (χ1n) is 5.20. The number of aromatic amines is 1. The third-order valence-electron chi connectivity index (χ3n) is 3.04. The van der Waals surface area contributed by atoms with E-state index in [0.29, 0.717) is 0 Å². The minimum Gasteiger partial charge on any atom is -0.341 e. The molecule has 72 valence electrons. The zero-order chi connectivity index (χ0) is 9.38. The van der Waals surface area contributed by atoms with E-state index in [1.807, 2.05) is 12.3 Å².